The van der Waals surface area contributed by atoms with E-state index >= 15 is 0 Å². The minimum Gasteiger partial charge on any atom is -0.507 e. The molecule has 1 heterocycles. The van der Waals surface area contributed by atoms with Crippen LogP contribution >= 0.6 is 27.7 Å². The monoisotopic (exact) mass is 328 g/mol. The van der Waals surface area contributed by atoms with Gasteiger partial charge in [0.25, 0.3) is 5.89 Å². The summed E-state index contributed by atoms with van der Waals surface area (Å²) in [5.74, 6) is 3.12. The van der Waals surface area contributed by atoms with E-state index in [1.54, 1.807) is 23.9 Å². The first-order valence-electron chi connectivity index (χ1n) is 5.60. The molecule has 4 nitrogen and oxygen atoms in total. The van der Waals surface area contributed by atoms with E-state index in [1.807, 2.05) is 6.07 Å². The predicted octanol–water partition coefficient (Wildman–Crippen LogP) is 3.85. The summed E-state index contributed by atoms with van der Waals surface area (Å²) in [6, 6.07) is 5.17. The number of phenolic OH excluding ortho intramolecular Hbond substituents is 1. The summed E-state index contributed by atoms with van der Waals surface area (Å²) in [6.45, 7) is 2.14. The van der Waals surface area contributed by atoms with Crippen molar-refractivity contribution in [2.24, 2.45) is 0 Å². The summed E-state index contributed by atoms with van der Waals surface area (Å²) in [5.41, 5.74) is 0.718. The molecule has 0 aliphatic carbocycles. The van der Waals surface area contributed by atoms with Gasteiger partial charge >= 0.3 is 0 Å². The molecule has 18 heavy (non-hydrogen) atoms. The lowest BCUT2D eigenvalue weighted by Crippen LogP contribution is -1.85. The Labute approximate surface area is 118 Å². The van der Waals surface area contributed by atoms with Crippen molar-refractivity contribution in [1.29, 1.82) is 0 Å². The van der Waals surface area contributed by atoms with E-state index in [2.05, 4.69) is 33.0 Å². The van der Waals surface area contributed by atoms with Crippen LogP contribution in [0.1, 0.15) is 19.2 Å². The first kappa shape index (κ1) is 13.4. The zero-order valence-electron chi connectivity index (χ0n) is 9.89. The highest BCUT2D eigenvalue weighted by atomic mass is 79.9. The number of phenols is 1. The Morgan fingerprint density at radius 1 is 1.44 bits per heavy atom. The summed E-state index contributed by atoms with van der Waals surface area (Å²) >= 11 is 5.01. The van der Waals surface area contributed by atoms with Crippen molar-refractivity contribution in [2.45, 2.75) is 19.1 Å². The van der Waals surface area contributed by atoms with Gasteiger partial charge in [-0.05, 0) is 46.3 Å². The zero-order valence-corrected chi connectivity index (χ0v) is 12.3. The second-order valence-electron chi connectivity index (χ2n) is 3.73. The molecule has 0 radical (unpaired) electrons. The Hall–Kier alpha value is -1.01. The topological polar surface area (TPSA) is 59.2 Å². The van der Waals surface area contributed by atoms with Gasteiger partial charge in [-0.1, -0.05) is 12.1 Å². The van der Waals surface area contributed by atoms with Gasteiger partial charge in [-0.15, -0.1) is 0 Å². The van der Waals surface area contributed by atoms with Gasteiger partial charge in [0.1, 0.15) is 5.75 Å². The maximum atomic E-state index is 9.60. The number of hydrogen-bond acceptors (Lipinski definition) is 5. The van der Waals surface area contributed by atoms with E-state index in [0.717, 1.165) is 23.5 Å². The Kier molecular flexibility index (Phi) is 4.66. The van der Waals surface area contributed by atoms with Crippen LogP contribution in [0, 0.1) is 0 Å². The van der Waals surface area contributed by atoms with Gasteiger partial charge in [0.15, 0.2) is 5.82 Å². The van der Waals surface area contributed by atoms with E-state index < -0.39 is 0 Å². The molecule has 6 heteroatoms. The van der Waals surface area contributed by atoms with Crippen LogP contribution in [-0.4, -0.2) is 21.0 Å². The standard InChI is InChI=1S/C12H13BrN2O2S/c1-2-5-18-7-11-14-12(17-15-11)8-3-4-9(13)10(16)6-8/h3-4,6,16H,2,5,7H2,1H3. The molecule has 1 N–H and O–H groups in total. The summed E-state index contributed by atoms with van der Waals surface area (Å²) < 4.78 is 5.82. The Bertz CT molecular complexity index is 531. The number of thioether (sulfide) groups is 1. The van der Waals surface area contributed by atoms with Crippen LogP contribution in [0.2, 0.25) is 0 Å². The zero-order chi connectivity index (χ0) is 13.0. The van der Waals surface area contributed by atoms with Crippen LogP contribution in [0.5, 0.6) is 5.75 Å². The third kappa shape index (κ3) is 3.26. The molecule has 0 atom stereocenters. The van der Waals surface area contributed by atoms with Crippen LogP contribution < -0.4 is 0 Å². The molecule has 0 aliphatic heterocycles. The number of halogens is 1. The van der Waals surface area contributed by atoms with Crippen LogP contribution in [0.25, 0.3) is 11.5 Å². The third-order valence-electron chi connectivity index (χ3n) is 2.24. The molecular formula is C12H13BrN2O2S. The van der Waals surface area contributed by atoms with Crippen molar-refractivity contribution < 1.29 is 9.63 Å². The summed E-state index contributed by atoms with van der Waals surface area (Å²) in [5, 5.41) is 13.5. The molecule has 0 fully saturated rings. The second-order valence-corrected chi connectivity index (χ2v) is 5.69. The minimum absolute atomic E-state index is 0.160. The second kappa shape index (κ2) is 6.24. The number of rotatable bonds is 5. The van der Waals surface area contributed by atoms with E-state index in [-0.39, 0.29) is 5.75 Å². The van der Waals surface area contributed by atoms with E-state index in [0.29, 0.717) is 16.2 Å². The summed E-state index contributed by atoms with van der Waals surface area (Å²) in [4.78, 5) is 4.30. The molecule has 2 rings (SSSR count). The smallest absolute Gasteiger partial charge is 0.258 e. The van der Waals surface area contributed by atoms with E-state index in [4.69, 9.17) is 4.52 Å². The SMILES string of the molecule is CCCSCc1noc(-c2ccc(Br)c(O)c2)n1. The van der Waals surface area contributed by atoms with E-state index in [1.165, 1.54) is 0 Å². The van der Waals surface area contributed by atoms with Gasteiger partial charge in [0, 0.05) is 5.56 Å². The molecule has 0 amide bonds. The number of benzene rings is 1. The fourth-order valence-electron chi connectivity index (χ4n) is 1.38. The predicted molar refractivity (Wildman–Crippen MR) is 75.6 cm³/mol. The lowest BCUT2D eigenvalue weighted by atomic mass is 10.2. The molecule has 0 saturated heterocycles. The first-order valence-corrected chi connectivity index (χ1v) is 7.54. The fourth-order valence-corrected chi connectivity index (χ4v) is 2.36. The first-order chi connectivity index (χ1) is 8.70. The van der Waals surface area contributed by atoms with E-state index in [9.17, 15) is 5.11 Å². The largest absolute Gasteiger partial charge is 0.507 e. The summed E-state index contributed by atoms with van der Waals surface area (Å²) in [6.07, 6.45) is 1.13. The van der Waals surface area contributed by atoms with Crippen LogP contribution in [0.4, 0.5) is 0 Å². The Morgan fingerprint density at radius 3 is 3.00 bits per heavy atom. The van der Waals surface area contributed by atoms with Crippen molar-refractivity contribution in [2.75, 3.05) is 5.75 Å². The lowest BCUT2D eigenvalue weighted by molar-refractivity contribution is 0.424. The maximum Gasteiger partial charge on any atom is 0.258 e. The van der Waals surface area contributed by atoms with Gasteiger partial charge in [0.2, 0.25) is 0 Å². The third-order valence-corrected chi connectivity index (χ3v) is 4.07. The Balaban J connectivity index is 2.11. The molecule has 0 spiro atoms. The van der Waals surface area contributed by atoms with Crippen molar-refractivity contribution in [1.82, 2.24) is 10.1 Å². The molecule has 96 valence electrons. The maximum absolute atomic E-state index is 9.60. The number of aromatic nitrogens is 2. The van der Waals surface area contributed by atoms with Crippen molar-refractivity contribution in [3.63, 3.8) is 0 Å². The molecule has 0 unspecified atom stereocenters. The molecule has 2 aromatic rings. The lowest BCUT2D eigenvalue weighted by Gasteiger charge is -1.98. The van der Waals surface area contributed by atoms with Gasteiger partial charge in [-0.2, -0.15) is 16.7 Å². The van der Waals surface area contributed by atoms with Crippen LogP contribution in [0.15, 0.2) is 27.2 Å². The normalized spacial score (nSPS) is 10.8. The summed E-state index contributed by atoms with van der Waals surface area (Å²) in [7, 11) is 0. The number of hydrogen-bond donors (Lipinski definition) is 1. The Morgan fingerprint density at radius 2 is 2.28 bits per heavy atom. The van der Waals surface area contributed by atoms with Crippen LogP contribution in [-0.2, 0) is 5.75 Å². The molecular weight excluding hydrogens is 316 g/mol. The van der Waals surface area contributed by atoms with Gasteiger partial charge in [-0.3, -0.25) is 0 Å². The van der Waals surface area contributed by atoms with Gasteiger partial charge in [0.05, 0.1) is 10.2 Å². The van der Waals surface area contributed by atoms with Crippen molar-refractivity contribution in [3.8, 4) is 17.2 Å². The number of aromatic hydroxyl groups is 1. The molecule has 1 aromatic heterocycles. The average molecular weight is 329 g/mol. The minimum atomic E-state index is 0.160. The average Bonchev–Trinajstić information content (AvgIpc) is 2.82. The highest BCUT2D eigenvalue weighted by molar-refractivity contribution is 9.10. The van der Waals surface area contributed by atoms with Crippen LogP contribution in [0.3, 0.4) is 0 Å². The van der Waals surface area contributed by atoms with Crippen molar-refractivity contribution >= 4 is 27.7 Å². The quantitative estimate of drug-likeness (QED) is 0.845. The molecule has 0 saturated carbocycles. The number of nitrogens with zero attached hydrogens (tertiary/aromatic N) is 2. The highest BCUT2D eigenvalue weighted by Gasteiger charge is 2.10. The van der Waals surface area contributed by atoms with Crippen molar-refractivity contribution in [3.05, 3.63) is 28.5 Å². The fraction of sp³-hybridized carbons (Fsp3) is 0.333. The van der Waals surface area contributed by atoms with Gasteiger partial charge in [-0.25, -0.2) is 0 Å². The highest BCUT2D eigenvalue weighted by Crippen LogP contribution is 2.29. The molecule has 0 bridgehead atoms. The molecule has 1 aromatic carbocycles. The van der Waals surface area contributed by atoms with Gasteiger partial charge < -0.3 is 9.63 Å². The molecule has 0 aliphatic rings.